The monoisotopic (exact) mass is 292 g/mol. The smallest absolute Gasteiger partial charge is 0.269 e. The van der Waals surface area contributed by atoms with Gasteiger partial charge in [-0.15, -0.1) is 0 Å². The molecular formula is C16H24N2O3. The average Bonchev–Trinajstić information content (AvgIpc) is 2.47. The number of rotatable bonds is 5. The van der Waals surface area contributed by atoms with Crippen molar-refractivity contribution in [3.63, 3.8) is 0 Å². The van der Waals surface area contributed by atoms with Crippen molar-refractivity contribution in [2.45, 2.75) is 39.7 Å². The fraction of sp³-hybridized carbons (Fsp3) is 0.625. The Morgan fingerprint density at radius 2 is 2.24 bits per heavy atom. The Kier molecular flexibility index (Phi) is 4.83. The first-order valence-electron chi connectivity index (χ1n) is 7.50. The molecule has 5 nitrogen and oxygen atoms in total. The first-order chi connectivity index (χ1) is 9.99. The number of anilines is 1. The number of nitrogens with zero attached hydrogens (tertiary/aromatic N) is 2. The van der Waals surface area contributed by atoms with E-state index in [1.165, 1.54) is 6.42 Å². The zero-order valence-electron chi connectivity index (χ0n) is 13.1. The summed E-state index contributed by atoms with van der Waals surface area (Å²) in [6.45, 7) is 6.95. The Bertz CT molecular complexity index is 518. The summed E-state index contributed by atoms with van der Waals surface area (Å²) in [7, 11) is 1.62. The molecule has 2 rings (SSSR count). The molecule has 0 aromatic heterocycles. The number of non-ortho nitro benzene ring substituents is 1. The lowest BCUT2D eigenvalue weighted by Crippen LogP contribution is -2.41. The van der Waals surface area contributed by atoms with Crippen LogP contribution in [-0.4, -0.2) is 25.1 Å². The molecule has 1 unspecified atom stereocenters. The van der Waals surface area contributed by atoms with E-state index in [0.717, 1.165) is 37.2 Å². The van der Waals surface area contributed by atoms with Crippen molar-refractivity contribution in [2.24, 2.45) is 5.41 Å². The zero-order chi connectivity index (χ0) is 15.5. The minimum atomic E-state index is -0.352. The molecular weight excluding hydrogens is 268 g/mol. The average molecular weight is 292 g/mol. The fourth-order valence-electron chi connectivity index (χ4n) is 3.07. The van der Waals surface area contributed by atoms with Gasteiger partial charge in [-0.25, -0.2) is 0 Å². The highest BCUT2D eigenvalue weighted by atomic mass is 16.6. The van der Waals surface area contributed by atoms with E-state index in [4.69, 9.17) is 4.74 Å². The Hall–Kier alpha value is -1.62. The normalized spacial score (nSPS) is 22.3. The Balaban J connectivity index is 2.31. The molecule has 0 N–H and O–H groups in total. The summed E-state index contributed by atoms with van der Waals surface area (Å²) in [6, 6.07) is 5.09. The van der Waals surface area contributed by atoms with Gasteiger partial charge in [0.15, 0.2) is 0 Å². The van der Waals surface area contributed by atoms with E-state index in [2.05, 4.69) is 18.7 Å². The minimum absolute atomic E-state index is 0.126. The molecule has 1 aromatic rings. The highest BCUT2D eigenvalue weighted by molar-refractivity contribution is 5.58. The molecule has 1 heterocycles. The van der Waals surface area contributed by atoms with E-state index >= 15 is 0 Å². The SMILES string of the molecule is CCC1(C)CCCN(c2ccc([N+](=O)[O-])cc2COC)C1. The van der Waals surface area contributed by atoms with Crippen LogP contribution in [0, 0.1) is 15.5 Å². The predicted octanol–water partition coefficient (Wildman–Crippen LogP) is 3.76. The standard InChI is InChI=1S/C16H24N2O3/c1-4-16(2)8-5-9-17(12-16)15-7-6-14(18(19)20)10-13(15)11-21-3/h6-7,10H,4-5,8-9,11-12H2,1-3H3. The van der Waals surface area contributed by atoms with Crippen LogP contribution in [0.3, 0.4) is 0 Å². The first-order valence-corrected chi connectivity index (χ1v) is 7.50. The van der Waals surface area contributed by atoms with Crippen LogP contribution in [0.4, 0.5) is 11.4 Å². The third-order valence-electron chi connectivity index (χ3n) is 4.55. The number of nitro groups is 1. The van der Waals surface area contributed by atoms with Crippen LogP contribution in [0.15, 0.2) is 18.2 Å². The molecule has 0 bridgehead atoms. The second-order valence-corrected chi connectivity index (χ2v) is 6.19. The third kappa shape index (κ3) is 3.53. The van der Waals surface area contributed by atoms with E-state index in [-0.39, 0.29) is 10.6 Å². The van der Waals surface area contributed by atoms with Gasteiger partial charge in [-0.05, 0) is 30.7 Å². The maximum absolute atomic E-state index is 10.9. The summed E-state index contributed by atoms with van der Waals surface area (Å²) in [5, 5.41) is 10.9. The molecule has 1 aliphatic heterocycles. The molecule has 1 fully saturated rings. The molecule has 0 aliphatic carbocycles. The summed E-state index contributed by atoms with van der Waals surface area (Å²) < 4.78 is 5.22. The molecule has 5 heteroatoms. The van der Waals surface area contributed by atoms with Crippen molar-refractivity contribution in [1.29, 1.82) is 0 Å². The summed E-state index contributed by atoms with van der Waals surface area (Å²) in [4.78, 5) is 12.9. The van der Waals surface area contributed by atoms with Crippen LogP contribution in [-0.2, 0) is 11.3 Å². The van der Waals surface area contributed by atoms with Gasteiger partial charge in [0.1, 0.15) is 0 Å². The molecule has 0 saturated carbocycles. The van der Waals surface area contributed by atoms with Crippen LogP contribution in [0.25, 0.3) is 0 Å². The van der Waals surface area contributed by atoms with Crippen molar-refractivity contribution in [1.82, 2.24) is 0 Å². The highest BCUT2D eigenvalue weighted by Gasteiger charge is 2.30. The first kappa shape index (κ1) is 15.8. The second kappa shape index (κ2) is 6.43. The van der Waals surface area contributed by atoms with Gasteiger partial charge in [-0.1, -0.05) is 13.8 Å². The number of nitro benzene ring substituents is 1. The summed E-state index contributed by atoms with van der Waals surface area (Å²) in [6.07, 6.45) is 3.55. The quantitative estimate of drug-likeness (QED) is 0.612. The molecule has 21 heavy (non-hydrogen) atoms. The van der Waals surface area contributed by atoms with Gasteiger partial charge in [-0.3, -0.25) is 10.1 Å². The van der Waals surface area contributed by atoms with Crippen molar-refractivity contribution < 1.29 is 9.66 Å². The number of piperidine rings is 1. The lowest BCUT2D eigenvalue weighted by Gasteiger charge is -2.42. The zero-order valence-corrected chi connectivity index (χ0v) is 13.1. The maximum atomic E-state index is 10.9. The number of benzene rings is 1. The molecule has 1 aromatic carbocycles. The second-order valence-electron chi connectivity index (χ2n) is 6.19. The van der Waals surface area contributed by atoms with Crippen LogP contribution < -0.4 is 4.90 Å². The van der Waals surface area contributed by atoms with E-state index in [9.17, 15) is 10.1 Å². The third-order valence-corrected chi connectivity index (χ3v) is 4.55. The van der Waals surface area contributed by atoms with Gasteiger partial charge in [0, 0.05) is 43.6 Å². The van der Waals surface area contributed by atoms with Crippen LogP contribution in [0.2, 0.25) is 0 Å². The lowest BCUT2D eigenvalue weighted by molar-refractivity contribution is -0.384. The minimum Gasteiger partial charge on any atom is -0.380 e. The van der Waals surface area contributed by atoms with Crippen molar-refractivity contribution in [3.05, 3.63) is 33.9 Å². The van der Waals surface area contributed by atoms with Gasteiger partial charge >= 0.3 is 0 Å². The van der Waals surface area contributed by atoms with E-state index in [1.807, 2.05) is 6.07 Å². The molecule has 0 amide bonds. The van der Waals surface area contributed by atoms with Crippen LogP contribution in [0.1, 0.15) is 38.7 Å². The molecule has 0 spiro atoms. The largest absolute Gasteiger partial charge is 0.380 e. The van der Waals surface area contributed by atoms with E-state index < -0.39 is 0 Å². The van der Waals surface area contributed by atoms with Gasteiger partial charge < -0.3 is 9.64 Å². The topological polar surface area (TPSA) is 55.6 Å². The Morgan fingerprint density at radius 1 is 1.48 bits per heavy atom. The maximum Gasteiger partial charge on any atom is 0.269 e. The summed E-state index contributed by atoms with van der Waals surface area (Å²) in [5.74, 6) is 0. The number of hydrogen-bond donors (Lipinski definition) is 0. The van der Waals surface area contributed by atoms with E-state index in [1.54, 1.807) is 19.2 Å². The molecule has 1 atom stereocenters. The van der Waals surface area contributed by atoms with Gasteiger partial charge in [0.2, 0.25) is 0 Å². The number of hydrogen-bond acceptors (Lipinski definition) is 4. The van der Waals surface area contributed by atoms with Gasteiger partial charge in [0.25, 0.3) is 5.69 Å². The van der Waals surface area contributed by atoms with Gasteiger partial charge in [0.05, 0.1) is 11.5 Å². The summed E-state index contributed by atoms with van der Waals surface area (Å²) in [5.41, 5.74) is 2.42. The lowest BCUT2D eigenvalue weighted by atomic mass is 9.79. The highest BCUT2D eigenvalue weighted by Crippen LogP contribution is 2.36. The van der Waals surface area contributed by atoms with Crippen LogP contribution in [0.5, 0.6) is 0 Å². The van der Waals surface area contributed by atoms with Gasteiger partial charge in [-0.2, -0.15) is 0 Å². The van der Waals surface area contributed by atoms with E-state index in [0.29, 0.717) is 12.0 Å². The van der Waals surface area contributed by atoms with Crippen molar-refractivity contribution >= 4 is 11.4 Å². The molecule has 1 aliphatic rings. The molecule has 0 radical (unpaired) electrons. The molecule has 1 saturated heterocycles. The Morgan fingerprint density at radius 3 is 2.86 bits per heavy atom. The van der Waals surface area contributed by atoms with Crippen molar-refractivity contribution in [3.8, 4) is 0 Å². The number of methoxy groups -OCH3 is 1. The Labute approximate surface area is 126 Å². The number of ether oxygens (including phenoxy) is 1. The molecule has 116 valence electrons. The fourth-order valence-corrected chi connectivity index (χ4v) is 3.07. The predicted molar refractivity (Wildman–Crippen MR) is 83.7 cm³/mol. The summed E-state index contributed by atoms with van der Waals surface area (Å²) >= 11 is 0. The van der Waals surface area contributed by atoms with Crippen LogP contribution >= 0.6 is 0 Å². The van der Waals surface area contributed by atoms with Crippen molar-refractivity contribution in [2.75, 3.05) is 25.1 Å².